The zero-order chi connectivity index (χ0) is 19.3. The van der Waals surface area contributed by atoms with Crippen LogP contribution in [0.1, 0.15) is 53.9 Å². The van der Waals surface area contributed by atoms with Crippen LogP contribution < -0.4 is 4.74 Å². The Balaban J connectivity index is 1.28. The fourth-order valence-corrected chi connectivity index (χ4v) is 6.17. The number of rotatable bonds is 4. The predicted octanol–water partition coefficient (Wildman–Crippen LogP) is 5.12. The molecule has 4 fully saturated rings. The van der Waals surface area contributed by atoms with Gasteiger partial charge in [-0.15, -0.1) is 0 Å². The first-order valence-electron chi connectivity index (χ1n) is 10.5. The Bertz CT molecular complexity index is 829. The number of carbonyl (C=O) groups is 1. The third-order valence-corrected chi connectivity index (χ3v) is 7.10. The van der Waals surface area contributed by atoms with Gasteiger partial charge in [0, 0.05) is 26.4 Å². The van der Waals surface area contributed by atoms with Gasteiger partial charge in [0.15, 0.2) is 0 Å². The molecular weight excluding hydrogens is 348 g/mol. The second-order valence-electron chi connectivity index (χ2n) is 9.21. The van der Waals surface area contributed by atoms with Crippen LogP contribution in [-0.2, 0) is 0 Å². The first-order chi connectivity index (χ1) is 13.6. The Hall–Kier alpha value is -2.36. The molecule has 28 heavy (non-hydrogen) atoms. The molecule has 4 heteroatoms. The number of pyridine rings is 1. The van der Waals surface area contributed by atoms with Crippen LogP contribution in [0.4, 0.5) is 0 Å². The molecule has 6 rings (SSSR count). The van der Waals surface area contributed by atoms with Gasteiger partial charge in [0.2, 0.25) is 5.88 Å². The molecule has 4 saturated carbocycles. The van der Waals surface area contributed by atoms with Crippen molar-refractivity contribution in [2.24, 2.45) is 23.7 Å². The van der Waals surface area contributed by atoms with Gasteiger partial charge < -0.3 is 9.64 Å². The minimum atomic E-state index is -0.0564. The van der Waals surface area contributed by atoms with Crippen molar-refractivity contribution in [3.63, 3.8) is 0 Å². The number of carbonyl (C=O) groups excluding carboxylic acids is 1. The maximum Gasteiger partial charge on any atom is 0.254 e. The van der Waals surface area contributed by atoms with E-state index in [4.69, 9.17) is 4.74 Å². The SMILES string of the molecule is CN(C)C(=O)c1ccc(Oc2ccc(C3C4CC5CC(C4)CC3C5)cc2)nc1. The van der Waals surface area contributed by atoms with Gasteiger partial charge in [-0.05, 0) is 85.5 Å². The van der Waals surface area contributed by atoms with Crippen molar-refractivity contribution >= 4 is 5.91 Å². The summed E-state index contributed by atoms with van der Waals surface area (Å²) >= 11 is 0. The van der Waals surface area contributed by atoms with Crippen LogP contribution in [-0.4, -0.2) is 29.9 Å². The minimum Gasteiger partial charge on any atom is -0.439 e. The lowest BCUT2D eigenvalue weighted by Gasteiger charge is -2.54. The van der Waals surface area contributed by atoms with Gasteiger partial charge in [-0.1, -0.05) is 12.1 Å². The molecule has 1 heterocycles. The molecule has 4 aliphatic carbocycles. The maximum atomic E-state index is 12.0. The summed E-state index contributed by atoms with van der Waals surface area (Å²) in [4.78, 5) is 17.8. The molecule has 146 valence electrons. The van der Waals surface area contributed by atoms with Gasteiger partial charge in [-0.2, -0.15) is 0 Å². The van der Waals surface area contributed by atoms with Crippen LogP contribution in [0.15, 0.2) is 42.6 Å². The summed E-state index contributed by atoms with van der Waals surface area (Å²) in [6.45, 7) is 0. The largest absolute Gasteiger partial charge is 0.439 e. The molecule has 0 saturated heterocycles. The van der Waals surface area contributed by atoms with E-state index in [1.54, 1.807) is 37.3 Å². The zero-order valence-electron chi connectivity index (χ0n) is 16.7. The fourth-order valence-electron chi connectivity index (χ4n) is 6.17. The summed E-state index contributed by atoms with van der Waals surface area (Å²) in [6.07, 6.45) is 8.84. The van der Waals surface area contributed by atoms with E-state index in [2.05, 4.69) is 29.2 Å². The molecule has 2 aromatic rings. The fraction of sp³-hybridized carbons (Fsp3) is 0.500. The molecule has 0 radical (unpaired) electrons. The summed E-state index contributed by atoms with van der Waals surface area (Å²) in [5, 5.41) is 0. The maximum absolute atomic E-state index is 12.0. The Morgan fingerprint density at radius 2 is 1.57 bits per heavy atom. The molecule has 0 unspecified atom stereocenters. The van der Waals surface area contributed by atoms with Crippen LogP contribution >= 0.6 is 0 Å². The van der Waals surface area contributed by atoms with E-state index in [-0.39, 0.29) is 5.91 Å². The summed E-state index contributed by atoms with van der Waals surface area (Å²) in [7, 11) is 3.47. The molecular formula is C24H28N2O2. The predicted molar refractivity (Wildman–Crippen MR) is 109 cm³/mol. The highest BCUT2D eigenvalue weighted by atomic mass is 16.5. The quantitative estimate of drug-likeness (QED) is 0.744. The Morgan fingerprint density at radius 3 is 2.11 bits per heavy atom. The van der Waals surface area contributed by atoms with Gasteiger partial charge >= 0.3 is 0 Å². The summed E-state index contributed by atoms with van der Waals surface area (Å²) in [6, 6.07) is 12.2. The van der Waals surface area contributed by atoms with Crippen LogP contribution in [0.2, 0.25) is 0 Å². The molecule has 1 aromatic carbocycles. The zero-order valence-corrected chi connectivity index (χ0v) is 16.7. The van der Waals surface area contributed by atoms with Crippen molar-refractivity contribution in [2.45, 2.75) is 38.0 Å². The summed E-state index contributed by atoms with van der Waals surface area (Å²) < 4.78 is 5.90. The van der Waals surface area contributed by atoms with E-state index in [0.29, 0.717) is 11.4 Å². The van der Waals surface area contributed by atoms with Crippen molar-refractivity contribution in [3.8, 4) is 11.6 Å². The van der Waals surface area contributed by atoms with Crippen molar-refractivity contribution in [1.82, 2.24) is 9.88 Å². The standard InChI is InChI=1S/C24H28N2O2/c1-26(2)24(27)18-5-8-22(25-14-18)28-21-6-3-17(4-7-21)23-19-10-15-9-16(12-19)13-20(23)11-15/h3-8,14-16,19-20,23H,9-13H2,1-2H3. The molecule has 4 bridgehead atoms. The number of hydrogen-bond acceptors (Lipinski definition) is 3. The lowest BCUT2D eigenvalue weighted by Crippen LogP contribution is -2.43. The van der Waals surface area contributed by atoms with Crippen LogP contribution in [0.3, 0.4) is 0 Å². The molecule has 1 amide bonds. The monoisotopic (exact) mass is 376 g/mol. The first kappa shape index (κ1) is 17.7. The van der Waals surface area contributed by atoms with E-state index in [1.807, 2.05) is 0 Å². The molecule has 0 aliphatic heterocycles. The van der Waals surface area contributed by atoms with Crippen molar-refractivity contribution in [3.05, 3.63) is 53.7 Å². The highest BCUT2D eigenvalue weighted by Gasteiger charge is 2.48. The Morgan fingerprint density at radius 1 is 0.929 bits per heavy atom. The van der Waals surface area contributed by atoms with Gasteiger partial charge in [0.05, 0.1) is 5.56 Å². The highest BCUT2D eigenvalue weighted by Crippen LogP contribution is 2.59. The lowest BCUT2D eigenvalue weighted by molar-refractivity contribution is -0.00279. The molecule has 0 N–H and O–H groups in total. The van der Waals surface area contributed by atoms with Gasteiger partial charge in [-0.25, -0.2) is 4.98 Å². The molecule has 4 aliphatic rings. The second kappa shape index (κ2) is 6.91. The number of ether oxygens (including phenoxy) is 1. The Labute approximate surface area is 166 Å². The van der Waals surface area contributed by atoms with E-state index >= 15 is 0 Å². The van der Waals surface area contributed by atoms with Crippen LogP contribution in [0.5, 0.6) is 11.6 Å². The van der Waals surface area contributed by atoms with Gasteiger partial charge in [0.1, 0.15) is 5.75 Å². The number of hydrogen-bond donors (Lipinski definition) is 0. The molecule has 0 spiro atoms. The normalized spacial score (nSPS) is 30.3. The summed E-state index contributed by atoms with van der Waals surface area (Å²) in [5.74, 6) is 5.81. The van der Waals surface area contributed by atoms with Gasteiger partial charge in [-0.3, -0.25) is 4.79 Å². The number of benzene rings is 1. The van der Waals surface area contributed by atoms with E-state index in [0.717, 1.165) is 35.3 Å². The second-order valence-corrected chi connectivity index (χ2v) is 9.21. The molecule has 0 atom stereocenters. The number of aromatic nitrogens is 1. The number of amides is 1. The molecule has 1 aromatic heterocycles. The highest BCUT2D eigenvalue weighted by molar-refractivity contribution is 5.93. The van der Waals surface area contributed by atoms with Crippen LogP contribution in [0.25, 0.3) is 0 Å². The minimum absolute atomic E-state index is 0.0564. The van der Waals surface area contributed by atoms with Crippen molar-refractivity contribution in [1.29, 1.82) is 0 Å². The topological polar surface area (TPSA) is 42.4 Å². The number of nitrogens with zero attached hydrogens (tertiary/aromatic N) is 2. The third kappa shape index (κ3) is 3.19. The van der Waals surface area contributed by atoms with E-state index in [9.17, 15) is 4.79 Å². The van der Waals surface area contributed by atoms with Crippen molar-refractivity contribution < 1.29 is 9.53 Å². The van der Waals surface area contributed by atoms with Crippen molar-refractivity contribution in [2.75, 3.05) is 14.1 Å². The van der Waals surface area contributed by atoms with E-state index in [1.165, 1.54) is 37.7 Å². The lowest BCUT2D eigenvalue weighted by atomic mass is 9.51. The average molecular weight is 377 g/mol. The van der Waals surface area contributed by atoms with Crippen LogP contribution in [0, 0.1) is 23.7 Å². The average Bonchev–Trinajstić information content (AvgIpc) is 2.68. The first-order valence-corrected chi connectivity index (χ1v) is 10.5. The summed E-state index contributed by atoms with van der Waals surface area (Å²) in [5.41, 5.74) is 2.05. The smallest absolute Gasteiger partial charge is 0.254 e. The Kier molecular flexibility index (Phi) is 4.37. The molecule has 4 nitrogen and oxygen atoms in total. The van der Waals surface area contributed by atoms with Gasteiger partial charge in [0.25, 0.3) is 5.91 Å². The van der Waals surface area contributed by atoms with E-state index < -0.39 is 0 Å². The third-order valence-electron chi connectivity index (χ3n) is 7.10.